The number of hydrogen-bond donors (Lipinski definition) is 0. The van der Waals surface area contributed by atoms with Crippen molar-refractivity contribution in [1.82, 2.24) is 0 Å². The molecule has 0 saturated heterocycles. The molecule has 0 atom stereocenters. The molecule has 1 heteroatoms. The van der Waals surface area contributed by atoms with Crippen LogP contribution in [0, 0.1) is 5.92 Å². The molecule has 0 aromatic carbocycles. The molecule has 1 rings (SSSR count). The molecule has 1 fully saturated rings. The summed E-state index contributed by atoms with van der Waals surface area (Å²) in [6.07, 6.45) is 4.26. The van der Waals surface area contributed by atoms with Crippen LogP contribution in [0.3, 0.4) is 0 Å². The monoisotopic (exact) mass is 158 g/mol. The van der Waals surface area contributed by atoms with Gasteiger partial charge >= 0.3 is 0 Å². The van der Waals surface area contributed by atoms with E-state index in [9.17, 15) is 0 Å². The van der Waals surface area contributed by atoms with E-state index >= 15 is 0 Å². The molecule has 0 nitrogen and oxygen atoms in total. The second kappa shape index (κ2) is 3.15. The van der Waals surface area contributed by atoms with Gasteiger partial charge in [0.2, 0.25) is 0 Å². The Morgan fingerprint density at radius 3 is 1.67 bits per heavy atom. The first kappa shape index (κ1) is 7.10. The molecule has 0 unspecified atom stereocenters. The van der Waals surface area contributed by atoms with Crippen molar-refractivity contribution in [3.8, 4) is 0 Å². The Labute approximate surface area is 64.6 Å². The predicted molar refractivity (Wildman–Crippen MR) is 22.8 cm³/mol. The maximum atomic E-state index is 2.23. The van der Waals surface area contributed by atoms with E-state index in [1.54, 1.807) is 5.92 Å². The van der Waals surface area contributed by atoms with Crippen LogP contribution in [0.4, 0.5) is 0 Å². The van der Waals surface area contributed by atoms with E-state index in [4.69, 9.17) is 0 Å². The van der Waals surface area contributed by atoms with Crippen LogP contribution in [0.5, 0.6) is 0 Å². The van der Waals surface area contributed by atoms with Crippen LogP contribution in [-0.2, 0) is 32.7 Å². The zero-order valence-electron chi connectivity index (χ0n) is 4.20. The Kier molecular flexibility index (Phi) is 3.73. The van der Waals surface area contributed by atoms with Gasteiger partial charge in [0.25, 0.3) is 0 Å². The van der Waals surface area contributed by atoms with E-state index in [1.807, 2.05) is 0 Å². The molecular formula is C5H9Y-. The normalized spacial score (nSPS) is 21.5. The minimum atomic E-state index is 0. The van der Waals surface area contributed by atoms with Gasteiger partial charge in [-0.3, -0.25) is 0 Å². The first-order valence-electron chi connectivity index (χ1n) is 2.21. The van der Waals surface area contributed by atoms with Crippen LogP contribution >= 0.6 is 0 Å². The van der Waals surface area contributed by atoms with E-state index in [-0.39, 0.29) is 32.7 Å². The molecule has 0 aromatic heterocycles. The third-order valence-corrected chi connectivity index (χ3v) is 1.21. The maximum Gasteiger partial charge on any atom is 0 e. The van der Waals surface area contributed by atoms with Crippen LogP contribution in [0.2, 0.25) is 0 Å². The summed E-state index contributed by atoms with van der Waals surface area (Å²) in [5.74, 6) is 1.69. The minimum absolute atomic E-state index is 0. The summed E-state index contributed by atoms with van der Waals surface area (Å²) in [6.45, 7) is 2.23. The van der Waals surface area contributed by atoms with Crippen LogP contribution in [0.1, 0.15) is 26.2 Å². The molecule has 0 amide bonds. The molecule has 0 N–H and O–H groups in total. The molecule has 33 valence electrons. The van der Waals surface area contributed by atoms with Gasteiger partial charge in [0.1, 0.15) is 0 Å². The van der Waals surface area contributed by atoms with Crippen LogP contribution < -0.4 is 0 Å². The zero-order valence-corrected chi connectivity index (χ0v) is 7.04. The summed E-state index contributed by atoms with van der Waals surface area (Å²) in [5, 5.41) is 0. The van der Waals surface area contributed by atoms with Gasteiger partial charge in [0.05, 0.1) is 0 Å². The molecule has 0 aliphatic heterocycles. The zero-order chi connectivity index (χ0) is 3.70. The minimum Gasteiger partial charge on any atom is -0.317 e. The van der Waals surface area contributed by atoms with Crippen molar-refractivity contribution in [1.29, 1.82) is 0 Å². The fourth-order valence-electron chi connectivity index (χ4n) is 0.530. The van der Waals surface area contributed by atoms with Gasteiger partial charge in [-0.05, 0) is 0 Å². The smallest absolute Gasteiger partial charge is 0 e. The summed E-state index contributed by atoms with van der Waals surface area (Å²) in [6, 6.07) is 0. The Hall–Kier alpha value is 1.10. The topological polar surface area (TPSA) is 0 Å². The van der Waals surface area contributed by atoms with Crippen LogP contribution in [0.25, 0.3) is 0 Å². The molecule has 0 aromatic rings. The molecular weight excluding hydrogens is 149 g/mol. The second-order valence-electron chi connectivity index (χ2n) is 1.81. The van der Waals surface area contributed by atoms with E-state index in [0.29, 0.717) is 0 Å². The third kappa shape index (κ3) is 1.70. The van der Waals surface area contributed by atoms with Crippen molar-refractivity contribution in [2.24, 2.45) is 0 Å². The summed E-state index contributed by atoms with van der Waals surface area (Å²) >= 11 is 0. The van der Waals surface area contributed by atoms with Gasteiger partial charge in [-0.1, -0.05) is 0 Å². The van der Waals surface area contributed by atoms with Crippen molar-refractivity contribution < 1.29 is 32.7 Å². The van der Waals surface area contributed by atoms with Crippen molar-refractivity contribution >= 4 is 0 Å². The molecule has 1 saturated carbocycles. The fraction of sp³-hybridized carbons (Fsp3) is 0.800. The quantitative estimate of drug-likeness (QED) is 0.471. The Morgan fingerprint density at radius 1 is 1.33 bits per heavy atom. The fourth-order valence-corrected chi connectivity index (χ4v) is 0.530. The Bertz CT molecular complexity index is 30.9. The van der Waals surface area contributed by atoms with Gasteiger partial charge in [0.15, 0.2) is 0 Å². The molecule has 0 heterocycles. The number of hydrogen-bond acceptors (Lipinski definition) is 0. The molecule has 1 aliphatic rings. The largest absolute Gasteiger partial charge is 0.317 e. The predicted octanol–water partition coefficient (Wildman–Crippen LogP) is 1.76. The van der Waals surface area contributed by atoms with E-state index in [2.05, 4.69) is 6.92 Å². The van der Waals surface area contributed by atoms with Crippen LogP contribution in [-0.4, -0.2) is 0 Å². The summed E-state index contributed by atoms with van der Waals surface area (Å²) < 4.78 is 0. The van der Waals surface area contributed by atoms with E-state index < -0.39 is 0 Å². The van der Waals surface area contributed by atoms with Gasteiger partial charge in [0, 0.05) is 32.7 Å². The van der Waals surface area contributed by atoms with Crippen LogP contribution in [0.15, 0.2) is 0 Å². The first-order chi connectivity index (χ1) is 2.39. The third-order valence-electron chi connectivity index (χ3n) is 1.21. The summed E-state index contributed by atoms with van der Waals surface area (Å²) in [4.78, 5) is 0. The summed E-state index contributed by atoms with van der Waals surface area (Å²) in [5.41, 5.74) is 0. The summed E-state index contributed by atoms with van der Waals surface area (Å²) in [7, 11) is 0. The standard InChI is InChI=1S/C5H9.Y/c1-5-3-2-4-5;/h2-4H2,1H3;/q-1;. The van der Waals surface area contributed by atoms with Crippen molar-refractivity contribution in [3.05, 3.63) is 5.92 Å². The molecule has 0 bridgehead atoms. The Morgan fingerprint density at radius 2 is 1.67 bits per heavy atom. The van der Waals surface area contributed by atoms with Gasteiger partial charge in [-0.2, -0.15) is 19.8 Å². The van der Waals surface area contributed by atoms with E-state index in [1.165, 1.54) is 19.3 Å². The number of rotatable bonds is 0. The Balaban J connectivity index is 0.000000250. The first-order valence-corrected chi connectivity index (χ1v) is 2.21. The average Bonchev–Trinajstić information content (AvgIpc) is 1.30. The van der Waals surface area contributed by atoms with Crippen molar-refractivity contribution in [2.75, 3.05) is 0 Å². The molecule has 6 heavy (non-hydrogen) atoms. The van der Waals surface area contributed by atoms with Crippen molar-refractivity contribution in [2.45, 2.75) is 26.2 Å². The van der Waals surface area contributed by atoms with Gasteiger partial charge < -0.3 is 5.92 Å². The van der Waals surface area contributed by atoms with Gasteiger partial charge in [-0.15, -0.1) is 6.42 Å². The van der Waals surface area contributed by atoms with Gasteiger partial charge in [-0.25, -0.2) is 0 Å². The average molecular weight is 158 g/mol. The SMILES string of the molecule is C[C-]1CCC1.[Y]. The molecule has 0 spiro atoms. The molecule has 1 radical (unpaired) electrons. The van der Waals surface area contributed by atoms with Crippen molar-refractivity contribution in [3.63, 3.8) is 0 Å². The maximum absolute atomic E-state index is 2.23. The van der Waals surface area contributed by atoms with E-state index in [0.717, 1.165) is 0 Å². The second-order valence-corrected chi connectivity index (χ2v) is 1.81. The molecule has 1 aliphatic carbocycles.